The van der Waals surface area contributed by atoms with Crippen LogP contribution in [0.15, 0.2) is 48.5 Å². The summed E-state index contributed by atoms with van der Waals surface area (Å²) in [4.78, 5) is 39.8. The van der Waals surface area contributed by atoms with E-state index in [1.807, 2.05) is 29.2 Å². The molecule has 1 aliphatic heterocycles. The molecule has 1 saturated heterocycles. The monoisotopic (exact) mass is 465 g/mol. The Hall–Kier alpha value is -3.39. The summed E-state index contributed by atoms with van der Waals surface area (Å²) in [7, 11) is 0. The van der Waals surface area contributed by atoms with Gasteiger partial charge in [-0.3, -0.25) is 14.5 Å². The van der Waals surface area contributed by atoms with Gasteiger partial charge in [-0.25, -0.2) is 4.79 Å². The molecule has 2 aliphatic rings. The number of piperazine rings is 1. The third-order valence-corrected chi connectivity index (χ3v) is 6.76. The van der Waals surface area contributed by atoms with Gasteiger partial charge in [0, 0.05) is 44.6 Å². The number of carbonyl (C=O) groups excluding carboxylic acids is 2. The summed E-state index contributed by atoms with van der Waals surface area (Å²) in [6.07, 6.45) is -0.374. The number of carboxylic acids is 1. The number of fused-ring (bicyclic) bond motifs is 3. The van der Waals surface area contributed by atoms with Gasteiger partial charge in [0.25, 0.3) is 0 Å². The molecule has 1 fully saturated rings. The van der Waals surface area contributed by atoms with Crippen LogP contribution in [-0.2, 0) is 14.3 Å². The van der Waals surface area contributed by atoms with Crippen molar-refractivity contribution < 1.29 is 24.2 Å². The number of rotatable bonds is 7. The maximum absolute atomic E-state index is 12.6. The predicted molar refractivity (Wildman–Crippen MR) is 128 cm³/mol. The molecule has 34 heavy (non-hydrogen) atoms. The van der Waals surface area contributed by atoms with Crippen molar-refractivity contribution in [2.75, 3.05) is 32.8 Å². The number of nitrogens with zero attached hydrogens (tertiary/aromatic N) is 2. The lowest BCUT2D eigenvalue weighted by molar-refractivity contribution is -0.144. The molecule has 4 rings (SSSR count). The number of nitrogens with one attached hydrogen (secondary N) is 1. The predicted octanol–water partition coefficient (Wildman–Crippen LogP) is 2.92. The number of benzene rings is 2. The van der Waals surface area contributed by atoms with E-state index in [1.165, 1.54) is 11.1 Å². The van der Waals surface area contributed by atoms with Crippen molar-refractivity contribution in [2.45, 2.75) is 38.3 Å². The summed E-state index contributed by atoms with van der Waals surface area (Å²) in [6.45, 7) is 5.66. The van der Waals surface area contributed by atoms with Crippen molar-refractivity contribution in [1.29, 1.82) is 0 Å². The summed E-state index contributed by atoms with van der Waals surface area (Å²) < 4.78 is 5.56. The Labute approximate surface area is 199 Å². The summed E-state index contributed by atoms with van der Waals surface area (Å²) in [5.41, 5.74) is 4.64. The SMILES string of the molecule is CC(C(=O)O)N1CCN(C(=O)C[C@@H](C)NC(=O)OCC2c3ccccc3-c3ccccc32)CC1. The number of hydrogen-bond donors (Lipinski definition) is 2. The van der Waals surface area contributed by atoms with Crippen molar-refractivity contribution in [3.63, 3.8) is 0 Å². The highest BCUT2D eigenvalue weighted by Gasteiger charge is 2.30. The molecule has 0 bridgehead atoms. The van der Waals surface area contributed by atoms with E-state index in [9.17, 15) is 14.4 Å². The minimum atomic E-state index is -0.860. The van der Waals surface area contributed by atoms with E-state index in [-0.39, 0.29) is 30.9 Å². The zero-order valence-electron chi connectivity index (χ0n) is 19.6. The van der Waals surface area contributed by atoms with E-state index in [2.05, 4.69) is 29.6 Å². The molecule has 0 spiro atoms. The highest BCUT2D eigenvalue weighted by atomic mass is 16.5. The Morgan fingerprint density at radius 2 is 1.53 bits per heavy atom. The van der Waals surface area contributed by atoms with Gasteiger partial charge in [0.05, 0.1) is 0 Å². The zero-order valence-corrected chi connectivity index (χ0v) is 19.6. The number of aliphatic carboxylic acids is 1. The van der Waals surface area contributed by atoms with Crippen LogP contribution in [0.5, 0.6) is 0 Å². The highest BCUT2D eigenvalue weighted by Crippen LogP contribution is 2.44. The maximum atomic E-state index is 12.6. The molecule has 2 N–H and O–H groups in total. The van der Waals surface area contributed by atoms with E-state index in [0.717, 1.165) is 11.1 Å². The van der Waals surface area contributed by atoms with Crippen LogP contribution in [0.4, 0.5) is 4.79 Å². The molecule has 8 heteroatoms. The summed E-state index contributed by atoms with van der Waals surface area (Å²) in [5, 5.41) is 11.9. The van der Waals surface area contributed by atoms with Gasteiger partial charge in [-0.1, -0.05) is 48.5 Å². The molecule has 0 radical (unpaired) electrons. The Morgan fingerprint density at radius 3 is 2.09 bits per heavy atom. The molecule has 2 aromatic carbocycles. The Kier molecular flexibility index (Phi) is 7.17. The smallest absolute Gasteiger partial charge is 0.407 e. The Balaban J connectivity index is 1.25. The van der Waals surface area contributed by atoms with Crippen LogP contribution < -0.4 is 5.32 Å². The molecule has 1 heterocycles. The lowest BCUT2D eigenvalue weighted by Crippen LogP contribution is -2.53. The molecule has 0 saturated carbocycles. The summed E-state index contributed by atoms with van der Waals surface area (Å²) in [5.74, 6) is -0.936. The second kappa shape index (κ2) is 10.3. The number of carbonyl (C=O) groups is 3. The van der Waals surface area contributed by atoms with Crippen molar-refractivity contribution in [3.8, 4) is 11.1 Å². The fourth-order valence-electron chi connectivity index (χ4n) is 4.80. The van der Waals surface area contributed by atoms with Gasteiger partial charge in [-0.2, -0.15) is 0 Å². The van der Waals surface area contributed by atoms with E-state index in [0.29, 0.717) is 26.2 Å². The topological polar surface area (TPSA) is 99.2 Å². The van der Waals surface area contributed by atoms with E-state index in [4.69, 9.17) is 9.84 Å². The van der Waals surface area contributed by atoms with Gasteiger partial charge >= 0.3 is 12.1 Å². The summed E-state index contributed by atoms with van der Waals surface area (Å²) in [6, 6.07) is 15.4. The molecule has 1 aliphatic carbocycles. The van der Waals surface area contributed by atoms with E-state index >= 15 is 0 Å². The van der Waals surface area contributed by atoms with Crippen LogP contribution in [0, 0.1) is 0 Å². The van der Waals surface area contributed by atoms with Crippen LogP contribution in [0.1, 0.15) is 37.3 Å². The molecule has 8 nitrogen and oxygen atoms in total. The Morgan fingerprint density at radius 1 is 0.971 bits per heavy atom. The third kappa shape index (κ3) is 5.07. The first-order chi connectivity index (χ1) is 16.3. The number of carboxylic acid groups (broad SMARTS) is 1. The summed E-state index contributed by atoms with van der Waals surface area (Å²) >= 11 is 0. The molecular formula is C26H31N3O5. The number of hydrogen-bond acceptors (Lipinski definition) is 5. The van der Waals surface area contributed by atoms with Crippen molar-refractivity contribution >= 4 is 18.0 Å². The fourth-order valence-corrected chi connectivity index (χ4v) is 4.80. The quantitative estimate of drug-likeness (QED) is 0.652. The van der Waals surface area contributed by atoms with Crippen LogP contribution in [0.25, 0.3) is 11.1 Å². The van der Waals surface area contributed by atoms with Gasteiger partial charge < -0.3 is 20.1 Å². The minimum Gasteiger partial charge on any atom is -0.480 e. The number of amides is 2. The number of ether oxygens (including phenoxy) is 1. The molecule has 1 unspecified atom stereocenters. The highest BCUT2D eigenvalue weighted by molar-refractivity contribution is 5.80. The molecule has 0 aromatic heterocycles. The standard InChI is InChI=1S/C26H31N3O5/c1-17(15-24(30)29-13-11-28(12-14-29)18(2)25(31)32)27-26(33)34-16-23-21-9-5-3-7-19(21)20-8-4-6-10-22(20)23/h3-10,17-18,23H,11-16H2,1-2H3,(H,27,33)(H,31,32)/t17-,18?/m1/s1. The zero-order chi connectivity index (χ0) is 24.2. The van der Waals surface area contributed by atoms with Crippen LogP contribution in [-0.4, -0.2) is 77.7 Å². The third-order valence-electron chi connectivity index (χ3n) is 6.76. The van der Waals surface area contributed by atoms with Crippen molar-refractivity contribution in [1.82, 2.24) is 15.1 Å². The molecule has 180 valence electrons. The average molecular weight is 466 g/mol. The Bertz CT molecular complexity index is 1020. The fraction of sp³-hybridized carbons (Fsp3) is 0.423. The normalized spacial score (nSPS) is 17.4. The van der Waals surface area contributed by atoms with Gasteiger partial charge in [0.15, 0.2) is 0 Å². The second-order valence-electron chi connectivity index (χ2n) is 9.01. The van der Waals surface area contributed by atoms with Gasteiger partial charge in [0.2, 0.25) is 5.91 Å². The minimum absolute atomic E-state index is 0.0143. The largest absolute Gasteiger partial charge is 0.480 e. The lowest BCUT2D eigenvalue weighted by Gasteiger charge is -2.37. The molecule has 2 aromatic rings. The first-order valence-corrected chi connectivity index (χ1v) is 11.7. The second-order valence-corrected chi connectivity index (χ2v) is 9.01. The average Bonchev–Trinajstić information content (AvgIpc) is 3.16. The van der Waals surface area contributed by atoms with Crippen molar-refractivity contribution in [2.24, 2.45) is 0 Å². The van der Waals surface area contributed by atoms with Gasteiger partial charge in [0.1, 0.15) is 12.6 Å². The van der Waals surface area contributed by atoms with E-state index in [1.54, 1.807) is 18.7 Å². The van der Waals surface area contributed by atoms with Crippen LogP contribution in [0.2, 0.25) is 0 Å². The van der Waals surface area contributed by atoms with Crippen LogP contribution >= 0.6 is 0 Å². The van der Waals surface area contributed by atoms with Crippen molar-refractivity contribution in [3.05, 3.63) is 59.7 Å². The first kappa shape index (κ1) is 23.8. The molecule has 2 amide bonds. The molecule has 2 atom stereocenters. The van der Waals surface area contributed by atoms with E-state index < -0.39 is 18.1 Å². The maximum Gasteiger partial charge on any atom is 0.407 e. The van der Waals surface area contributed by atoms with Crippen LogP contribution in [0.3, 0.4) is 0 Å². The lowest BCUT2D eigenvalue weighted by atomic mass is 9.98. The number of alkyl carbamates (subject to hydrolysis) is 1. The molecular weight excluding hydrogens is 434 g/mol. The van der Waals surface area contributed by atoms with Gasteiger partial charge in [-0.05, 0) is 36.1 Å². The van der Waals surface area contributed by atoms with Gasteiger partial charge in [-0.15, -0.1) is 0 Å². The first-order valence-electron chi connectivity index (χ1n) is 11.7.